The number of hydrogen-bond donors (Lipinski definition) is 0. The van der Waals surface area contributed by atoms with Gasteiger partial charge in [-0.3, -0.25) is 4.68 Å². The molecule has 0 atom stereocenters. The third-order valence-corrected chi connectivity index (χ3v) is 2.43. The van der Waals surface area contributed by atoms with Crippen LogP contribution in [-0.4, -0.2) is 15.7 Å². The largest absolute Gasteiger partial charge is 0.489 e. The van der Waals surface area contributed by atoms with Gasteiger partial charge in [-0.15, -0.1) is 11.6 Å². The zero-order valence-electron chi connectivity index (χ0n) is 10.1. The van der Waals surface area contributed by atoms with Crippen molar-refractivity contribution >= 4 is 11.6 Å². The fourth-order valence-corrected chi connectivity index (χ4v) is 1.58. The van der Waals surface area contributed by atoms with Crippen LogP contribution in [0.2, 0.25) is 0 Å². The zero-order chi connectivity index (χ0) is 12.8. The number of aryl methyl sites for hydroxylation is 1. The van der Waals surface area contributed by atoms with Gasteiger partial charge in [0.1, 0.15) is 12.4 Å². The number of nitrogens with zero attached hydrogens (tertiary/aromatic N) is 2. The molecule has 4 heteroatoms. The van der Waals surface area contributed by atoms with E-state index in [9.17, 15) is 0 Å². The summed E-state index contributed by atoms with van der Waals surface area (Å²) in [6.07, 6.45) is 3.72. The molecule has 0 radical (unpaired) electrons. The average Bonchev–Trinajstić information content (AvgIpc) is 2.80. The summed E-state index contributed by atoms with van der Waals surface area (Å²) in [6, 6.07) is 7.64. The maximum Gasteiger partial charge on any atom is 0.121 e. The molecule has 1 heterocycles. The van der Waals surface area contributed by atoms with Crippen molar-refractivity contribution in [3.8, 4) is 17.6 Å². The van der Waals surface area contributed by atoms with E-state index < -0.39 is 0 Å². The Bertz CT molecular complexity index is 581. The Morgan fingerprint density at radius 3 is 3.06 bits per heavy atom. The molecule has 0 amide bonds. The molecule has 0 saturated heterocycles. The number of ether oxygens (including phenoxy) is 1. The SMILES string of the molecule is Cn1cc(COc2cccc(C#CCCl)c2)cn1. The van der Waals surface area contributed by atoms with E-state index in [0.29, 0.717) is 12.5 Å². The molecule has 0 aliphatic carbocycles. The first-order valence-electron chi connectivity index (χ1n) is 5.53. The van der Waals surface area contributed by atoms with Gasteiger partial charge in [-0.1, -0.05) is 17.9 Å². The summed E-state index contributed by atoms with van der Waals surface area (Å²) in [4.78, 5) is 0. The van der Waals surface area contributed by atoms with Crippen LogP contribution in [0.25, 0.3) is 0 Å². The van der Waals surface area contributed by atoms with Gasteiger partial charge in [0, 0.05) is 24.4 Å². The van der Waals surface area contributed by atoms with E-state index in [-0.39, 0.29) is 0 Å². The number of rotatable bonds is 3. The molecule has 0 N–H and O–H groups in total. The van der Waals surface area contributed by atoms with E-state index in [1.54, 1.807) is 10.9 Å². The molecule has 0 saturated carbocycles. The van der Waals surface area contributed by atoms with Crippen LogP contribution in [-0.2, 0) is 13.7 Å². The lowest BCUT2D eigenvalue weighted by Crippen LogP contribution is -1.94. The van der Waals surface area contributed by atoms with Crippen LogP contribution in [0.15, 0.2) is 36.7 Å². The van der Waals surface area contributed by atoms with E-state index in [4.69, 9.17) is 16.3 Å². The van der Waals surface area contributed by atoms with Crippen LogP contribution in [0, 0.1) is 11.8 Å². The van der Waals surface area contributed by atoms with E-state index in [1.165, 1.54) is 0 Å². The average molecular weight is 261 g/mol. The van der Waals surface area contributed by atoms with Crippen molar-refractivity contribution in [2.45, 2.75) is 6.61 Å². The molecular weight excluding hydrogens is 248 g/mol. The van der Waals surface area contributed by atoms with Crippen molar-refractivity contribution in [3.63, 3.8) is 0 Å². The van der Waals surface area contributed by atoms with Crippen molar-refractivity contribution in [2.75, 3.05) is 5.88 Å². The molecule has 3 nitrogen and oxygen atoms in total. The van der Waals surface area contributed by atoms with E-state index in [2.05, 4.69) is 16.9 Å². The minimum atomic E-state index is 0.334. The highest BCUT2D eigenvalue weighted by Crippen LogP contribution is 2.14. The molecular formula is C14H13ClN2O. The smallest absolute Gasteiger partial charge is 0.121 e. The van der Waals surface area contributed by atoms with Crippen LogP contribution >= 0.6 is 11.6 Å². The molecule has 2 rings (SSSR count). The summed E-state index contributed by atoms with van der Waals surface area (Å²) in [5, 5.41) is 4.09. The summed E-state index contributed by atoms with van der Waals surface area (Å²) < 4.78 is 7.42. The predicted octanol–water partition coefficient (Wildman–Crippen LogP) is 2.59. The van der Waals surface area contributed by atoms with Crippen molar-refractivity contribution < 1.29 is 4.74 Å². The molecule has 92 valence electrons. The summed E-state index contributed by atoms with van der Waals surface area (Å²) in [5.74, 6) is 6.90. The van der Waals surface area contributed by atoms with Crippen LogP contribution in [0.1, 0.15) is 11.1 Å². The van der Waals surface area contributed by atoms with E-state index >= 15 is 0 Å². The van der Waals surface area contributed by atoms with Crippen LogP contribution in [0.3, 0.4) is 0 Å². The van der Waals surface area contributed by atoms with Gasteiger partial charge >= 0.3 is 0 Å². The second-order valence-corrected chi connectivity index (χ2v) is 4.04. The van der Waals surface area contributed by atoms with Gasteiger partial charge in [0.25, 0.3) is 0 Å². The number of alkyl halides is 1. The lowest BCUT2D eigenvalue weighted by Gasteiger charge is -2.04. The molecule has 0 bridgehead atoms. The number of benzene rings is 1. The molecule has 1 aromatic heterocycles. The Morgan fingerprint density at radius 2 is 2.33 bits per heavy atom. The Labute approximate surface area is 111 Å². The maximum atomic E-state index is 5.67. The Hall–Kier alpha value is -1.92. The van der Waals surface area contributed by atoms with Crippen molar-refractivity contribution in [1.82, 2.24) is 9.78 Å². The quantitative estimate of drug-likeness (QED) is 0.627. The van der Waals surface area contributed by atoms with Crippen LogP contribution in [0.5, 0.6) is 5.75 Å². The van der Waals surface area contributed by atoms with Gasteiger partial charge in [-0.2, -0.15) is 5.10 Å². The minimum Gasteiger partial charge on any atom is -0.489 e. The molecule has 0 spiro atoms. The Morgan fingerprint density at radius 1 is 1.44 bits per heavy atom. The summed E-state index contributed by atoms with van der Waals surface area (Å²) in [7, 11) is 1.88. The Balaban J connectivity index is 2.01. The second-order valence-electron chi connectivity index (χ2n) is 3.77. The van der Waals surface area contributed by atoms with Crippen molar-refractivity contribution in [3.05, 3.63) is 47.8 Å². The minimum absolute atomic E-state index is 0.334. The lowest BCUT2D eigenvalue weighted by atomic mass is 10.2. The maximum absolute atomic E-state index is 5.67. The molecule has 0 fully saturated rings. The van der Waals surface area contributed by atoms with Crippen molar-refractivity contribution in [2.24, 2.45) is 7.05 Å². The fraction of sp³-hybridized carbons (Fsp3) is 0.214. The summed E-state index contributed by atoms with van der Waals surface area (Å²) in [5.41, 5.74) is 1.94. The second kappa shape index (κ2) is 6.13. The van der Waals surface area contributed by atoms with Gasteiger partial charge in [-0.05, 0) is 18.2 Å². The number of halogens is 1. The molecule has 0 aliphatic heterocycles. The van der Waals surface area contributed by atoms with Gasteiger partial charge in [-0.25, -0.2) is 0 Å². The topological polar surface area (TPSA) is 27.1 Å². The first-order valence-corrected chi connectivity index (χ1v) is 6.06. The molecule has 1 aromatic carbocycles. The summed E-state index contributed by atoms with van der Waals surface area (Å²) in [6.45, 7) is 0.500. The molecule has 0 unspecified atom stereocenters. The monoisotopic (exact) mass is 260 g/mol. The highest BCUT2D eigenvalue weighted by molar-refractivity contribution is 6.19. The first kappa shape index (κ1) is 12.5. The van der Waals surface area contributed by atoms with Crippen molar-refractivity contribution in [1.29, 1.82) is 0 Å². The lowest BCUT2D eigenvalue weighted by molar-refractivity contribution is 0.306. The molecule has 2 aromatic rings. The fourth-order valence-electron chi connectivity index (χ4n) is 1.51. The van der Waals surface area contributed by atoms with Crippen LogP contribution < -0.4 is 4.74 Å². The number of aromatic nitrogens is 2. The predicted molar refractivity (Wildman–Crippen MR) is 71.6 cm³/mol. The van der Waals surface area contributed by atoms with E-state index in [1.807, 2.05) is 37.5 Å². The standard InChI is InChI=1S/C14H13ClN2O/c1-17-10-13(9-16-17)11-18-14-6-2-4-12(8-14)5-3-7-15/h2,4,6,8-10H,7,11H2,1H3. The van der Waals surface area contributed by atoms with Gasteiger partial charge in [0.2, 0.25) is 0 Å². The Kier molecular flexibility index (Phi) is 4.27. The van der Waals surface area contributed by atoms with Gasteiger partial charge in [0.05, 0.1) is 12.1 Å². The van der Waals surface area contributed by atoms with Gasteiger partial charge in [0.15, 0.2) is 0 Å². The first-order chi connectivity index (χ1) is 8.78. The van der Waals surface area contributed by atoms with E-state index in [0.717, 1.165) is 16.9 Å². The molecule has 18 heavy (non-hydrogen) atoms. The van der Waals surface area contributed by atoms with Crippen LogP contribution in [0.4, 0.5) is 0 Å². The normalized spacial score (nSPS) is 9.67. The molecule has 0 aliphatic rings. The highest BCUT2D eigenvalue weighted by Gasteiger charge is 1.98. The third kappa shape index (κ3) is 3.54. The van der Waals surface area contributed by atoms with Gasteiger partial charge < -0.3 is 4.74 Å². The zero-order valence-corrected chi connectivity index (χ0v) is 10.8. The third-order valence-electron chi connectivity index (χ3n) is 2.30. The summed E-state index contributed by atoms with van der Waals surface area (Å²) >= 11 is 5.52. The number of hydrogen-bond acceptors (Lipinski definition) is 2. The highest BCUT2D eigenvalue weighted by atomic mass is 35.5.